The minimum absolute atomic E-state index is 0.0295. The average Bonchev–Trinajstić information content (AvgIpc) is 2.37. The highest BCUT2D eigenvalue weighted by atomic mass is 35.5. The Morgan fingerprint density at radius 1 is 1.19 bits per heavy atom. The van der Waals surface area contributed by atoms with Gasteiger partial charge in [-0.3, -0.25) is 4.72 Å². The van der Waals surface area contributed by atoms with Gasteiger partial charge in [0, 0.05) is 10.7 Å². The number of hydrogen-bond acceptors (Lipinski definition) is 4. The van der Waals surface area contributed by atoms with Crippen LogP contribution in [0.2, 0.25) is 10.2 Å². The first-order valence-corrected chi connectivity index (χ1v) is 8.16. The van der Waals surface area contributed by atoms with Crippen molar-refractivity contribution in [3.63, 3.8) is 0 Å². The number of anilines is 2. The lowest BCUT2D eigenvalue weighted by Crippen LogP contribution is -2.16. The topological polar surface area (TPSA) is 85.1 Å². The third-order valence-electron chi connectivity index (χ3n) is 2.95. The first kappa shape index (κ1) is 15.9. The van der Waals surface area contributed by atoms with Crippen molar-refractivity contribution in [3.05, 3.63) is 45.7 Å². The Bertz CT molecular complexity index is 807. The molecule has 0 fully saturated rings. The Kier molecular flexibility index (Phi) is 4.32. The van der Waals surface area contributed by atoms with Crippen molar-refractivity contribution in [2.45, 2.75) is 18.7 Å². The van der Waals surface area contributed by atoms with Gasteiger partial charge in [-0.1, -0.05) is 23.2 Å². The van der Waals surface area contributed by atoms with Crippen molar-refractivity contribution in [3.8, 4) is 0 Å². The van der Waals surface area contributed by atoms with Gasteiger partial charge in [0.15, 0.2) is 0 Å². The molecule has 112 valence electrons. The monoisotopic (exact) mass is 345 g/mol. The van der Waals surface area contributed by atoms with Gasteiger partial charge in [0.1, 0.15) is 5.15 Å². The first-order chi connectivity index (χ1) is 9.70. The summed E-state index contributed by atoms with van der Waals surface area (Å²) in [7, 11) is -3.82. The predicted molar refractivity (Wildman–Crippen MR) is 85.4 cm³/mol. The number of nitrogens with two attached hydrogens (primary N) is 1. The van der Waals surface area contributed by atoms with Crippen molar-refractivity contribution in [1.82, 2.24) is 4.98 Å². The van der Waals surface area contributed by atoms with E-state index in [1.165, 1.54) is 18.2 Å². The fraction of sp³-hybridized carbons (Fsp3) is 0.154. The summed E-state index contributed by atoms with van der Waals surface area (Å²) < 4.78 is 27.4. The van der Waals surface area contributed by atoms with Crippen LogP contribution in [0.25, 0.3) is 0 Å². The van der Waals surface area contributed by atoms with Gasteiger partial charge < -0.3 is 5.73 Å². The van der Waals surface area contributed by atoms with Gasteiger partial charge in [0.05, 0.1) is 16.3 Å². The number of halogens is 2. The van der Waals surface area contributed by atoms with E-state index in [-0.39, 0.29) is 9.92 Å². The SMILES string of the molecule is Cc1nc(Cl)ccc1NS(=O)(=O)c1cc(Cl)cc(N)c1C. The zero-order valence-electron chi connectivity index (χ0n) is 11.3. The van der Waals surface area contributed by atoms with E-state index in [0.29, 0.717) is 27.8 Å². The molecule has 0 spiro atoms. The number of nitrogen functional groups attached to an aromatic ring is 1. The summed E-state index contributed by atoms with van der Waals surface area (Å²) in [6.45, 7) is 3.27. The maximum atomic E-state index is 12.5. The lowest BCUT2D eigenvalue weighted by Gasteiger charge is -2.13. The number of aromatic nitrogens is 1. The molecule has 3 N–H and O–H groups in total. The maximum Gasteiger partial charge on any atom is 0.262 e. The predicted octanol–water partition coefficient (Wildman–Crippen LogP) is 3.39. The van der Waals surface area contributed by atoms with Crippen molar-refractivity contribution in [2.75, 3.05) is 10.5 Å². The Balaban J connectivity index is 2.48. The van der Waals surface area contributed by atoms with Crippen LogP contribution in [0.1, 0.15) is 11.3 Å². The Morgan fingerprint density at radius 3 is 2.48 bits per heavy atom. The van der Waals surface area contributed by atoms with Gasteiger partial charge >= 0.3 is 0 Å². The average molecular weight is 346 g/mol. The molecule has 0 radical (unpaired) electrons. The molecule has 0 aliphatic heterocycles. The number of nitrogens with zero attached hydrogens (tertiary/aromatic N) is 1. The van der Waals surface area contributed by atoms with Gasteiger partial charge in [0.2, 0.25) is 0 Å². The minimum Gasteiger partial charge on any atom is -0.398 e. The van der Waals surface area contributed by atoms with Crippen molar-refractivity contribution >= 4 is 44.6 Å². The molecule has 1 aromatic heterocycles. The summed E-state index contributed by atoms with van der Waals surface area (Å²) in [6.07, 6.45) is 0. The van der Waals surface area contributed by atoms with E-state index in [1.807, 2.05) is 0 Å². The molecule has 2 aromatic rings. The third-order valence-corrected chi connectivity index (χ3v) is 4.87. The fourth-order valence-electron chi connectivity index (χ4n) is 1.79. The van der Waals surface area contributed by atoms with Crippen molar-refractivity contribution in [2.24, 2.45) is 0 Å². The summed E-state index contributed by atoms with van der Waals surface area (Å²) in [5.41, 5.74) is 7.32. The maximum absolute atomic E-state index is 12.5. The molecule has 0 saturated carbocycles. The fourth-order valence-corrected chi connectivity index (χ4v) is 3.69. The molecule has 2 rings (SSSR count). The number of pyridine rings is 1. The van der Waals surface area contributed by atoms with Crippen LogP contribution in [0.15, 0.2) is 29.2 Å². The zero-order valence-corrected chi connectivity index (χ0v) is 13.6. The van der Waals surface area contributed by atoms with Gasteiger partial charge in [-0.25, -0.2) is 13.4 Å². The van der Waals surface area contributed by atoms with Crippen LogP contribution in [-0.2, 0) is 10.0 Å². The van der Waals surface area contributed by atoms with Gasteiger partial charge in [-0.2, -0.15) is 0 Å². The van der Waals surface area contributed by atoms with Crippen LogP contribution in [-0.4, -0.2) is 13.4 Å². The molecule has 0 amide bonds. The van der Waals surface area contributed by atoms with Gasteiger partial charge in [0.25, 0.3) is 10.0 Å². The summed E-state index contributed by atoms with van der Waals surface area (Å²) in [6, 6.07) is 5.91. The second-order valence-electron chi connectivity index (χ2n) is 4.49. The van der Waals surface area contributed by atoms with E-state index >= 15 is 0 Å². The first-order valence-electron chi connectivity index (χ1n) is 5.92. The third kappa shape index (κ3) is 3.40. The molecule has 0 unspecified atom stereocenters. The lowest BCUT2D eigenvalue weighted by molar-refractivity contribution is 0.600. The zero-order chi connectivity index (χ0) is 15.8. The molecule has 1 aromatic carbocycles. The van der Waals surface area contributed by atoms with E-state index in [9.17, 15) is 8.42 Å². The summed E-state index contributed by atoms with van der Waals surface area (Å²) in [5.74, 6) is 0. The van der Waals surface area contributed by atoms with Gasteiger partial charge in [-0.05, 0) is 43.7 Å². The highest BCUT2D eigenvalue weighted by Gasteiger charge is 2.20. The molecule has 0 atom stereocenters. The van der Waals surface area contributed by atoms with Crippen LogP contribution >= 0.6 is 23.2 Å². The molecule has 8 heteroatoms. The molecule has 21 heavy (non-hydrogen) atoms. The van der Waals surface area contributed by atoms with Gasteiger partial charge in [-0.15, -0.1) is 0 Å². The highest BCUT2D eigenvalue weighted by molar-refractivity contribution is 7.92. The standard InChI is InChI=1S/C13H13Cl2N3O2S/c1-7-10(16)5-9(14)6-12(7)21(19,20)18-11-3-4-13(15)17-8(11)2/h3-6,18H,16H2,1-2H3. The largest absolute Gasteiger partial charge is 0.398 e. The number of hydrogen-bond donors (Lipinski definition) is 2. The summed E-state index contributed by atoms with van der Waals surface area (Å²) in [4.78, 5) is 4.03. The highest BCUT2D eigenvalue weighted by Crippen LogP contribution is 2.28. The number of benzene rings is 1. The second-order valence-corrected chi connectivity index (χ2v) is 6.97. The van der Waals surface area contributed by atoms with E-state index in [2.05, 4.69) is 9.71 Å². The number of nitrogens with one attached hydrogen (secondary N) is 1. The Labute approximate surface area is 133 Å². The molecular weight excluding hydrogens is 333 g/mol. The quantitative estimate of drug-likeness (QED) is 0.659. The van der Waals surface area contributed by atoms with E-state index in [0.717, 1.165) is 0 Å². The molecule has 0 bridgehead atoms. The van der Waals surface area contributed by atoms with Crippen LogP contribution in [0.4, 0.5) is 11.4 Å². The molecule has 1 heterocycles. The normalized spacial score (nSPS) is 11.4. The second kappa shape index (κ2) is 5.71. The molecule has 0 aliphatic rings. The van der Waals surface area contributed by atoms with Crippen molar-refractivity contribution in [1.29, 1.82) is 0 Å². The molecule has 0 saturated heterocycles. The van der Waals surface area contributed by atoms with E-state index in [1.54, 1.807) is 19.9 Å². The van der Waals surface area contributed by atoms with E-state index in [4.69, 9.17) is 28.9 Å². The number of aryl methyl sites for hydroxylation is 1. The van der Waals surface area contributed by atoms with Crippen LogP contribution in [0.3, 0.4) is 0 Å². The summed E-state index contributed by atoms with van der Waals surface area (Å²) >= 11 is 11.6. The number of sulfonamides is 1. The number of rotatable bonds is 3. The molecular formula is C13H13Cl2N3O2S. The summed E-state index contributed by atoms with van der Waals surface area (Å²) in [5, 5.41) is 0.544. The Hall–Kier alpha value is -1.50. The molecule has 0 aliphatic carbocycles. The van der Waals surface area contributed by atoms with Crippen LogP contribution in [0.5, 0.6) is 0 Å². The smallest absolute Gasteiger partial charge is 0.262 e. The van der Waals surface area contributed by atoms with Crippen molar-refractivity contribution < 1.29 is 8.42 Å². The Morgan fingerprint density at radius 2 is 1.86 bits per heavy atom. The lowest BCUT2D eigenvalue weighted by atomic mass is 10.2. The minimum atomic E-state index is -3.82. The van der Waals surface area contributed by atoms with E-state index < -0.39 is 10.0 Å². The molecule has 5 nitrogen and oxygen atoms in total. The van der Waals surface area contributed by atoms with Crippen LogP contribution in [0, 0.1) is 13.8 Å². The van der Waals surface area contributed by atoms with Crippen LogP contribution < -0.4 is 10.5 Å².